The minimum Gasteiger partial charge on any atom is -0.504 e. The van der Waals surface area contributed by atoms with Gasteiger partial charge < -0.3 is 50.6 Å². The lowest BCUT2D eigenvalue weighted by Gasteiger charge is -2.54. The lowest BCUT2D eigenvalue weighted by molar-refractivity contribution is -0.182. The first kappa shape index (κ1) is 51.6. The number of ether oxygens (including phenoxy) is 3. The minimum atomic E-state index is -1.14. The molecule has 1 aromatic carbocycles. The Bertz CT molecular complexity index is 1790. The van der Waals surface area contributed by atoms with Crippen LogP contribution in [0, 0.1) is 29.1 Å². The highest BCUT2D eigenvalue weighted by molar-refractivity contribution is 8.76. The van der Waals surface area contributed by atoms with Gasteiger partial charge in [0, 0.05) is 60.8 Å². The molecule has 4 fully saturated rings. The first-order valence-corrected chi connectivity index (χ1v) is 28.0. The molecule has 0 spiro atoms. The van der Waals surface area contributed by atoms with Gasteiger partial charge in [0.25, 0.3) is 0 Å². The van der Waals surface area contributed by atoms with Gasteiger partial charge in [0.15, 0.2) is 11.5 Å². The number of aromatic hydroxyl groups is 1. The van der Waals surface area contributed by atoms with Crippen molar-refractivity contribution in [3.63, 3.8) is 0 Å². The molecule has 13 nitrogen and oxygen atoms in total. The molecule has 1 saturated carbocycles. The fourth-order valence-electron chi connectivity index (χ4n) is 12.9. The average molecular weight is 960 g/mol. The highest BCUT2D eigenvalue weighted by Gasteiger charge is 2.57. The zero-order chi connectivity index (χ0) is 47.1. The lowest BCUT2D eigenvalue weighted by atomic mass is 9.56. The second-order valence-electron chi connectivity index (χ2n) is 21.6. The maximum Gasteiger partial charge on any atom is 0.332 e. The van der Waals surface area contributed by atoms with E-state index in [4.69, 9.17) is 14.2 Å². The Morgan fingerprint density at radius 3 is 2.56 bits per heavy atom. The lowest BCUT2D eigenvalue weighted by Crippen LogP contribution is -2.65. The summed E-state index contributed by atoms with van der Waals surface area (Å²) < 4.78 is 20.0. The third-order valence-corrected chi connectivity index (χ3v) is 19.2. The molecular weight excluding hydrogens is 879 g/mol. The number of aliphatic hydroxyl groups is 3. The van der Waals surface area contributed by atoms with Crippen LogP contribution in [0.25, 0.3) is 0 Å². The number of benzene rings is 1. The van der Waals surface area contributed by atoms with E-state index in [9.17, 15) is 30.0 Å². The number of phenols is 1. The predicted octanol–water partition coefficient (Wildman–Crippen LogP) is 7.26. The zero-order valence-electron chi connectivity index (χ0n) is 40.2. The summed E-state index contributed by atoms with van der Waals surface area (Å²) in [4.78, 5) is 42.0. The molecule has 4 heterocycles. The molecule has 7 N–H and O–H groups in total. The van der Waals surface area contributed by atoms with Crippen LogP contribution in [-0.4, -0.2) is 118 Å². The summed E-state index contributed by atoms with van der Waals surface area (Å²) in [5.41, 5.74) is -0.716. The quantitative estimate of drug-likeness (QED) is 0.0527. The summed E-state index contributed by atoms with van der Waals surface area (Å²) in [5.74, 6) is 1.16. The molecular formula is C51H81N3O10S2. The molecule has 1 amide bonds. The van der Waals surface area contributed by atoms with Crippen molar-refractivity contribution < 1.29 is 49.0 Å². The molecule has 11 atom stereocenters. The van der Waals surface area contributed by atoms with Crippen molar-refractivity contribution in [2.75, 3.05) is 44.4 Å². The van der Waals surface area contributed by atoms with Gasteiger partial charge in [-0.25, -0.2) is 4.79 Å². The van der Waals surface area contributed by atoms with Crippen molar-refractivity contribution >= 4 is 39.4 Å². The first-order chi connectivity index (χ1) is 31.7. The first-order valence-electron chi connectivity index (χ1n) is 25.5. The molecule has 7 rings (SSSR count). The van der Waals surface area contributed by atoms with Crippen molar-refractivity contribution in [1.29, 1.82) is 0 Å². The van der Waals surface area contributed by atoms with E-state index >= 15 is 4.79 Å². The van der Waals surface area contributed by atoms with Crippen LogP contribution in [0.15, 0.2) is 12.1 Å². The third-order valence-electron chi connectivity index (χ3n) is 16.6. The Morgan fingerprint density at radius 2 is 1.80 bits per heavy atom. The number of carbonyl (C=O) groups excluding carboxylic acids is 3. The van der Waals surface area contributed by atoms with E-state index in [0.717, 1.165) is 62.6 Å². The van der Waals surface area contributed by atoms with Gasteiger partial charge in [-0.15, -0.1) is 0 Å². The third kappa shape index (κ3) is 12.0. The molecule has 2 aliphatic carbocycles. The zero-order valence-corrected chi connectivity index (χ0v) is 41.8. The highest BCUT2D eigenvalue weighted by Crippen LogP contribution is 2.60. The molecule has 3 saturated heterocycles. The molecule has 66 heavy (non-hydrogen) atoms. The Morgan fingerprint density at radius 1 is 1.00 bits per heavy atom. The second-order valence-corrected chi connectivity index (χ2v) is 24.1. The Labute approximate surface area is 401 Å². The number of fused-ring (bicyclic) bond motifs is 1. The van der Waals surface area contributed by atoms with Gasteiger partial charge in [-0.05, 0) is 158 Å². The summed E-state index contributed by atoms with van der Waals surface area (Å²) >= 11 is 0. The van der Waals surface area contributed by atoms with E-state index in [1.54, 1.807) is 27.7 Å². The van der Waals surface area contributed by atoms with Gasteiger partial charge in [0.05, 0.1) is 18.3 Å². The van der Waals surface area contributed by atoms with E-state index in [1.807, 2.05) is 13.0 Å². The fourth-order valence-corrected chi connectivity index (χ4v) is 15.7. The van der Waals surface area contributed by atoms with E-state index in [0.29, 0.717) is 107 Å². The van der Waals surface area contributed by atoms with Crippen LogP contribution in [0.1, 0.15) is 166 Å². The smallest absolute Gasteiger partial charge is 0.332 e. The molecule has 372 valence electrons. The number of carbonyl (C=O) groups is 3. The largest absolute Gasteiger partial charge is 0.504 e. The summed E-state index contributed by atoms with van der Waals surface area (Å²) in [6, 6.07) is 3.60. The van der Waals surface area contributed by atoms with Crippen LogP contribution in [0.5, 0.6) is 11.5 Å². The molecule has 0 aromatic heterocycles. The van der Waals surface area contributed by atoms with Crippen LogP contribution in [0.2, 0.25) is 0 Å². The van der Waals surface area contributed by atoms with E-state index < -0.39 is 46.8 Å². The van der Waals surface area contributed by atoms with Crippen LogP contribution >= 0.6 is 21.6 Å². The molecule has 15 heteroatoms. The molecule has 4 aliphatic heterocycles. The molecule has 11 unspecified atom stereocenters. The van der Waals surface area contributed by atoms with Crippen molar-refractivity contribution in [2.24, 2.45) is 29.1 Å². The van der Waals surface area contributed by atoms with E-state index in [1.165, 1.54) is 6.92 Å². The van der Waals surface area contributed by atoms with Gasteiger partial charge in [0.2, 0.25) is 5.91 Å². The predicted molar refractivity (Wildman–Crippen MR) is 260 cm³/mol. The van der Waals surface area contributed by atoms with Gasteiger partial charge in [-0.3, -0.25) is 9.59 Å². The van der Waals surface area contributed by atoms with Crippen LogP contribution in [0.4, 0.5) is 0 Å². The maximum atomic E-state index is 15.4. The van der Waals surface area contributed by atoms with Crippen LogP contribution in [-0.2, 0) is 23.9 Å². The Hall–Kier alpha value is -2.27. The minimum absolute atomic E-state index is 0.0384. The van der Waals surface area contributed by atoms with Gasteiger partial charge in [-0.1, -0.05) is 54.3 Å². The number of piperidine rings is 2. The summed E-state index contributed by atoms with van der Waals surface area (Å²) in [7, 11) is 3.30. The highest BCUT2D eigenvalue weighted by atomic mass is 33.1. The monoisotopic (exact) mass is 960 g/mol. The van der Waals surface area contributed by atoms with Gasteiger partial charge in [-0.2, -0.15) is 0 Å². The number of aliphatic hydroxyl groups excluding tert-OH is 2. The van der Waals surface area contributed by atoms with Crippen molar-refractivity contribution in [3.8, 4) is 11.5 Å². The van der Waals surface area contributed by atoms with Crippen molar-refractivity contribution in [3.05, 3.63) is 23.3 Å². The standard InChI is InChI=1S/C51H81N3O10S2/c1-32(2)8-7-24-53-40-30-65-66-31-49(4,61)21-18-34(10-15-41(40)57)43(63-33(3)56)28-44(64-48(60)51-20-6-5-9-36(51)11-17-45(59)54-51)50(22-25-52-26-23-50)39-14-12-37-35(19-27-55)29-62-47-42(58)16-13-38(39)46(37)47/h13,16,32,34-37,39-41,43-44,52-53,55,57-58,61H,5-12,14-15,17-31H2,1-4H3,(H,54,59). The number of phenolic OH excluding ortho intramolecular Hbond substituents is 1. The summed E-state index contributed by atoms with van der Waals surface area (Å²) in [6.45, 7) is 10.4. The van der Waals surface area contributed by atoms with Crippen LogP contribution in [0.3, 0.4) is 0 Å². The number of hydrogen-bond acceptors (Lipinski definition) is 14. The fraction of sp³-hybridized carbons (Fsp3) is 0.824. The second kappa shape index (κ2) is 23.1. The summed E-state index contributed by atoms with van der Waals surface area (Å²) in [6.07, 6.45) is 9.90. The maximum absolute atomic E-state index is 15.4. The van der Waals surface area contributed by atoms with Gasteiger partial charge >= 0.3 is 11.9 Å². The Kier molecular flexibility index (Phi) is 18.1. The average Bonchev–Trinajstić information content (AvgIpc) is 3.29. The van der Waals surface area contributed by atoms with Crippen LogP contribution < -0.4 is 20.7 Å². The normalized spacial score (nSPS) is 33.6. The Balaban J connectivity index is 1.29. The molecule has 0 bridgehead atoms. The van der Waals surface area contributed by atoms with Crippen molar-refractivity contribution in [1.82, 2.24) is 16.0 Å². The number of nitrogens with one attached hydrogen (secondary N) is 3. The van der Waals surface area contributed by atoms with Crippen molar-refractivity contribution in [2.45, 2.75) is 191 Å². The topological polar surface area (TPSA) is 196 Å². The SMILES string of the molecule is CC(=O)OC(CC(OC(=O)C12CCCCC1CCC(=O)N2)C1(C2CCC3c4c2ccc(O)c4OCC3CCO)CCNCC1)C1CCC(O)C(NCCCC(C)C)CSSCC(C)(O)CC1. The number of amides is 1. The molecule has 0 radical (unpaired) electrons. The number of rotatable bonds is 15. The van der Waals surface area contributed by atoms with E-state index in [-0.39, 0.29) is 60.3 Å². The number of hydrogen-bond donors (Lipinski definition) is 7. The van der Waals surface area contributed by atoms with E-state index in [2.05, 4.69) is 29.8 Å². The summed E-state index contributed by atoms with van der Waals surface area (Å²) in [5, 5.41) is 55.4. The molecule has 6 aliphatic rings. The van der Waals surface area contributed by atoms with Gasteiger partial charge in [0.1, 0.15) is 17.7 Å². The molecule has 1 aromatic rings. The number of esters is 2.